The van der Waals surface area contributed by atoms with Crippen LogP contribution in [-0.4, -0.2) is 0 Å². The molecule has 4 aliphatic carbocycles. The maximum atomic E-state index is 3.40. The first-order chi connectivity index (χ1) is 29.3. The molecule has 4 fully saturated rings. The average molecular weight is 1090 g/mol. The summed E-state index contributed by atoms with van der Waals surface area (Å²) < 4.78 is 0. The second-order valence-corrected chi connectivity index (χ2v) is 21.8. The van der Waals surface area contributed by atoms with Crippen molar-refractivity contribution in [3.05, 3.63) is 129 Å². The predicted molar refractivity (Wildman–Crippen MR) is 264 cm³/mol. The van der Waals surface area contributed by atoms with Crippen molar-refractivity contribution in [3.8, 4) is 11.1 Å². The van der Waals surface area contributed by atoms with Crippen molar-refractivity contribution in [3.63, 3.8) is 0 Å². The average Bonchev–Trinajstić information content (AvgIpc) is 3.21. The fourth-order valence-electron chi connectivity index (χ4n) is 11.9. The van der Waals surface area contributed by atoms with Gasteiger partial charge in [0.1, 0.15) is 0 Å². The van der Waals surface area contributed by atoms with E-state index in [0.717, 1.165) is 47.3 Å². The van der Waals surface area contributed by atoms with Gasteiger partial charge in [-0.1, -0.05) is 151 Å². The third-order valence-corrected chi connectivity index (χ3v) is 15.4. The second-order valence-electron chi connectivity index (χ2n) is 21.8. The molecule has 64 heavy (non-hydrogen) atoms. The van der Waals surface area contributed by atoms with Crippen molar-refractivity contribution in [1.82, 2.24) is 0 Å². The van der Waals surface area contributed by atoms with Gasteiger partial charge in [0, 0.05) is 98.1 Å². The van der Waals surface area contributed by atoms with Crippen LogP contribution in [0.1, 0.15) is 180 Å². The molecule has 0 heterocycles. The molecule has 0 atom stereocenters. The zero-order valence-corrected chi connectivity index (χ0v) is 50.8. The van der Waals surface area contributed by atoms with Crippen molar-refractivity contribution in [2.24, 2.45) is 47.3 Å². The Balaban J connectivity index is 0.000000253. The molecule has 0 spiro atoms. The summed E-state index contributed by atoms with van der Waals surface area (Å²) in [6.45, 7) is 20.1. The standard InChI is InChI=1S/C23H35.C22H27.C16H23.3Y/c1-17-4-6-20(7-5-17)15-21-8-10-22(11-9-21)16-23-13-18(2)12-19(3)14-23;1-16-4-6-19(7-5-16)15-20-8-10-21(11-9-20)22-13-17(2)12-18(3)14-22;1-12-4-6-15(7-5-12)11-16-9-13(2)8-14(3)10-16;;;/h13-14,17,20-22H,4-11,15-16H2,1-3H3;8-11,13-14,16,19H,4-7,15H2,1-3H3;9-10,12,15H,4-7,11H2,1-3H3;;;/q3*-1;;;. The second kappa shape index (κ2) is 30.0. The van der Waals surface area contributed by atoms with Gasteiger partial charge >= 0.3 is 0 Å². The number of aryl methyl sites for hydroxylation is 6. The molecule has 4 aromatic rings. The Bertz CT molecular complexity index is 1830. The van der Waals surface area contributed by atoms with Crippen LogP contribution in [0.4, 0.5) is 0 Å². The third kappa shape index (κ3) is 20.7. The largest absolute Gasteiger partial charge is 0.177 e. The Labute approximate surface area is 470 Å². The van der Waals surface area contributed by atoms with Gasteiger partial charge in [-0.2, -0.15) is 99.1 Å². The van der Waals surface area contributed by atoms with Gasteiger partial charge in [-0.15, -0.1) is 5.56 Å². The molecule has 0 aromatic heterocycles. The predicted octanol–water partition coefficient (Wildman–Crippen LogP) is 17.3. The summed E-state index contributed by atoms with van der Waals surface area (Å²) in [6.07, 6.45) is 28.7. The summed E-state index contributed by atoms with van der Waals surface area (Å²) in [6, 6.07) is 33.1. The minimum absolute atomic E-state index is 0. The maximum absolute atomic E-state index is 3.40. The van der Waals surface area contributed by atoms with E-state index in [1.165, 1.54) is 184 Å². The van der Waals surface area contributed by atoms with Crippen molar-refractivity contribution in [2.45, 2.75) is 191 Å². The SMILES string of the molecule is Cc1[c-]c(C)cc(-c2ccc(CC3CCC(C)CC3)cc2)c1.Cc1[c-]c(C)cc(CC2CCC(C)CC2)c1.Cc1[c-]c(C)cc(CC2CCC(CC3CCC(C)CC3)CC2)c1.[Y].[Y].[Y]. The fraction of sp³-hybridized carbons (Fsp3) is 0.607. The van der Waals surface area contributed by atoms with Gasteiger partial charge in [0.25, 0.3) is 0 Å². The van der Waals surface area contributed by atoms with E-state index in [9.17, 15) is 0 Å². The number of hydrogen-bond acceptors (Lipinski definition) is 0. The first kappa shape index (κ1) is 58.5. The van der Waals surface area contributed by atoms with Gasteiger partial charge < -0.3 is 0 Å². The zero-order chi connectivity index (χ0) is 43.3. The van der Waals surface area contributed by atoms with Gasteiger partial charge in [-0.3, -0.25) is 0 Å². The molecule has 0 amide bonds. The molecule has 4 aliphatic rings. The van der Waals surface area contributed by atoms with Crippen LogP contribution in [0.15, 0.2) is 60.7 Å². The molecule has 3 heteroatoms. The topological polar surface area (TPSA) is 0 Å². The smallest absolute Gasteiger partial charge is 0 e. The number of hydrogen-bond donors (Lipinski definition) is 0. The van der Waals surface area contributed by atoms with Crippen LogP contribution < -0.4 is 0 Å². The van der Waals surface area contributed by atoms with Crippen LogP contribution in [0.5, 0.6) is 0 Å². The molecule has 0 saturated heterocycles. The summed E-state index contributed by atoms with van der Waals surface area (Å²) in [7, 11) is 0. The van der Waals surface area contributed by atoms with E-state index >= 15 is 0 Å². The van der Waals surface area contributed by atoms with Crippen LogP contribution >= 0.6 is 0 Å². The summed E-state index contributed by atoms with van der Waals surface area (Å²) in [5, 5.41) is 0. The van der Waals surface area contributed by atoms with Gasteiger partial charge in [0.2, 0.25) is 0 Å². The Kier molecular flexibility index (Phi) is 27.5. The van der Waals surface area contributed by atoms with Crippen LogP contribution in [0.25, 0.3) is 11.1 Å². The van der Waals surface area contributed by atoms with E-state index in [0.29, 0.717) is 0 Å². The molecular weight excluding hydrogens is 999 g/mol. The third-order valence-electron chi connectivity index (χ3n) is 15.4. The Morgan fingerprint density at radius 3 is 0.938 bits per heavy atom. The van der Waals surface area contributed by atoms with E-state index in [2.05, 4.69) is 141 Å². The van der Waals surface area contributed by atoms with Crippen molar-refractivity contribution < 1.29 is 98.1 Å². The summed E-state index contributed by atoms with van der Waals surface area (Å²) in [5.74, 6) is 7.76. The van der Waals surface area contributed by atoms with E-state index in [-0.39, 0.29) is 98.1 Å². The molecule has 8 rings (SSSR count). The van der Waals surface area contributed by atoms with Crippen molar-refractivity contribution >= 4 is 0 Å². The molecule has 0 aliphatic heterocycles. The number of benzene rings is 4. The van der Waals surface area contributed by atoms with Gasteiger partial charge in [0.05, 0.1) is 0 Å². The van der Waals surface area contributed by atoms with E-state index in [1.807, 2.05) is 0 Å². The van der Waals surface area contributed by atoms with Gasteiger partial charge in [0.15, 0.2) is 0 Å². The molecule has 3 radical (unpaired) electrons. The molecule has 0 bridgehead atoms. The first-order valence-corrected chi connectivity index (χ1v) is 25.4. The number of rotatable bonds is 9. The van der Waals surface area contributed by atoms with E-state index in [1.54, 1.807) is 5.56 Å². The van der Waals surface area contributed by atoms with E-state index < -0.39 is 0 Å². The fourth-order valence-corrected chi connectivity index (χ4v) is 11.9. The normalized spacial score (nSPS) is 25.4. The molecule has 0 N–H and O–H groups in total. The van der Waals surface area contributed by atoms with Crippen LogP contribution in [0, 0.1) is 107 Å². The molecule has 4 saturated carbocycles. The molecule has 341 valence electrons. The first-order valence-electron chi connectivity index (χ1n) is 25.4. The van der Waals surface area contributed by atoms with Crippen molar-refractivity contribution in [1.29, 1.82) is 0 Å². The molecule has 0 unspecified atom stereocenters. The van der Waals surface area contributed by atoms with Gasteiger partial charge in [-0.05, 0) is 123 Å². The van der Waals surface area contributed by atoms with E-state index in [4.69, 9.17) is 0 Å². The summed E-state index contributed by atoms with van der Waals surface area (Å²) >= 11 is 0. The minimum Gasteiger partial charge on any atom is -0.177 e. The molecule has 0 nitrogen and oxygen atoms in total. The van der Waals surface area contributed by atoms with Crippen molar-refractivity contribution in [2.75, 3.05) is 0 Å². The molecular formula is C61H85Y3-3. The monoisotopic (exact) mass is 1080 g/mol. The Hall–Kier alpha value is 0.192. The van der Waals surface area contributed by atoms with Crippen LogP contribution in [0.3, 0.4) is 0 Å². The maximum Gasteiger partial charge on any atom is 0 e. The summed E-state index contributed by atoms with van der Waals surface area (Å²) in [4.78, 5) is 0. The van der Waals surface area contributed by atoms with Crippen LogP contribution in [0.2, 0.25) is 0 Å². The van der Waals surface area contributed by atoms with Gasteiger partial charge in [-0.25, -0.2) is 0 Å². The van der Waals surface area contributed by atoms with Crippen LogP contribution in [-0.2, 0) is 117 Å². The Morgan fingerprint density at radius 1 is 0.328 bits per heavy atom. The Morgan fingerprint density at radius 2 is 0.594 bits per heavy atom. The minimum atomic E-state index is 0. The zero-order valence-electron chi connectivity index (χ0n) is 42.3. The quantitative estimate of drug-likeness (QED) is 0.147. The molecule has 4 aromatic carbocycles. The summed E-state index contributed by atoms with van der Waals surface area (Å²) in [5.41, 5.74) is 14.8.